The number of pyridine rings is 1. The van der Waals surface area contributed by atoms with Gasteiger partial charge in [-0.25, -0.2) is 4.98 Å². The van der Waals surface area contributed by atoms with E-state index in [2.05, 4.69) is 78.8 Å². The Kier molecular flexibility index (Phi) is 4.80. The molecule has 0 fully saturated rings. The Bertz CT molecular complexity index is 988. The first kappa shape index (κ1) is 19.4. The molecule has 0 atom stereocenters. The molecule has 2 heteroatoms. The van der Waals surface area contributed by atoms with Crippen molar-refractivity contribution in [3.63, 3.8) is 0 Å². The number of fused-ring (bicyclic) bond motifs is 1. The maximum absolute atomic E-state index is 5.41. The van der Waals surface area contributed by atoms with Gasteiger partial charge in [-0.15, -0.1) is 0 Å². The monoisotopic (exact) mass is 361 g/mol. The van der Waals surface area contributed by atoms with E-state index in [-0.39, 0.29) is 10.8 Å². The first-order chi connectivity index (χ1) is 12.5. The van der Waals surface area contributed by atoms with Gasteiger partial charge in [-0.1, -0.05) is 53.2 Å². The highest BCUT2D eigenvalue weighted by molar-refractivity contribution is 5.85. The van der Waals surface area contributed by atoms with Gasteiger partial charge in [0.2, 0.25) is 0 Å². The third kappa shape index (κ3) is 4.00. The lowest BCUT2D eigenvalue weighted by molar-refractivity contribution is 0.415. The summed E-state index contributed by atoms with van der Waals surface area (Å²) >= 11 is 0. The second-order valence-electron chi connectivity index (χ2n) is 9.53. The SMILES string of the molecule is COc1ccc2cc(C(C)(C)C)c(-c3cc(C)cc(C(C)(C)C)c3)nc2c1. The van der Waals surface area contributed by atoms with Crippen LogP contribution in [0.5, 0.6) is 5.75 Å². The highest BCUT2D eigenvalue weighted by Gasteiger charge is 2.23. The Balaban J connectivity index is 2.33. The summed E-state index contributed by atoms with van der Waals surface area (Å²) in [5.41, 5.74) is 7.20. The van der Waals surface area contributed by atoms with Crippen molar-refractivity contribution < 1.29 is 4.74 Å². The van der Waals surface area contributed by atoms with E-state index in [4.69, 9.17) is 9.72 Å². The van der Waals surface area contributed by atoms with Gasteiger partial charge >= 0.3 is 0 Å². The number of aryl methyl sites for hydroxylation is 1. The Morgan fingerprint density at radius 1 is 0.815 bits per heavy atom. The van der Waals surface area contributed by atoms with Crippen LogP contribution in [0.4, 0.5) is 0 Å². The molecular weight excluding hydrogens is 330 g/mol. The van der Waals surface area contributed by atoms with Crippen LogP contribution in [0.15, 0.2) is 42.5 Å². The first-order valence-electron chi connectivity index (χ1n) is 9.61. The number of nitrogens with zero attached hydrogens (tertiary/aromatic N) is 1. The van der Waals surface area contributed by atoms with Crippen molar-refractivity contribution in [2.75, 3.05) is 7.11 Å². The molecule has 0 spiro atoms. The first-order valence-corrected chi connectivity index (χ1v) is 9.61. The molecule has 0 amide bonds. The van der Waals surface area contributed by atoms with Crippen LogP contribution in [0.1, 0.15) is 58.2 Å². The van der Waals surface area contributed by atoms with Crippen LogP contribution < -0.4 is 4.74 Å². The number of hydrogen-bond acceptors (Lipinski definition) is 2. The molecule has 1 heterocycles. The highest BCUT2D eigenvalue weighted by Crippen LogP contribution is 2.37. The van der Waals surface area contributed by atoms with E-state index in [9.17, 15) is 0 Å². The summed E-state index contributed by atoms with van der Waals surface area (Å²) < 4.78 is 5.41. The summed E-state index contributed by atoms with van der Waals surface area (Å²) in [4.78, 5) is 5.10. The minimum Gasteiger partial charge on any atom is -0.497 e. The smallest absolute Gasteiger partial charge is 0.121 e. The number of ether oxygens (including phenoxy) is 1. The fourth-order valence-electron chi connectivity index (χ4n) is 3.42. The molecule has 2 nitrogen and oxygen atoms in total. The van der Waals surface area contributed by atoms with E-state index in [1.165, 1.54) is 22.3 Å². The minimum atomic E-state index is 0.00208. The molecule has 2 aromatic carbocycles. The molecule has 0 bridgehead atoms. The Labute approximate surface area is 163 Å². The molecule has 3 rings (SSSR count). The molecule has 0 aliphatic heterocycles. The van der Waals surface area contributed by atoms with Gasteiger partial charge in [0.1, 0.15) is 5.75 Å². The summed E-state index contributed by atoms with van der Waals surface area (Å²) in [5.74, 6) is 0.837. The number of rotatable bonds is 2. The number of methoxy groups -OCH3 is 1. The van der Waals surface area contributed by atoms with E-state index in [1.54, 1.807) is 7.11 Å². The van der Waals surface area contributed by atoms with Gasteiger partial charge in [0.15, 0.2) is 0 Å². The Morgan fingerprint density at radius 3 is 2.11 bits per heavy atom. The predicted octanol–water partition coefficient (Wildman–Crippen LogP) is 6.81. The number of benzene rings is 2. The van der Waals surface area contributed by atoms with E-state index in [0.717, 1.165) is 22.3 Å². The third-order valence-corrected chi connectivity index (χ3v) is 5.05. The van der Waals surface area contributed by atoms with Crippen LogP contribution in [0.3, 0.4) is 0 Å². The predicted molar refractivity (Wildman–Crippen MR) is 116 cm³/mol. The van der Waals surface area contributed by atoms with Crippen LogP contribution in [0.2, 0.25) is 0 Å². The lowest BCUT2D eigenvalue weighted by Crippen LogP contribution is -2.15. The maximum Gasteiger partial charge on any atom is 0.121 e. The van der Waals surface area contributed by atoms with Gasteiger partial charge < -0.3 is 4.74 Å². The zero-order valence-corrected chi connectivity index (χ0v) is 17.9. The van der Waals surface area contributed by atoms with E-state index < -0.39 is 0 Å². The van der Waals surface area contributed by atoms with Gasteiger partial charge in [0, 0.05) is 17.0 Å². The number of hydrogen-bond donors (Lipinski definition) is 0. The van der Waals surface area contributed by atoms with Crippen molar-refractivity contribution in [3.8, 4) is 17.0 Å². The Morgan fingerprint density at radius 2 is 1.52 bits per heavy atom. The summed E-state index contributed by atoms with van der Waals surface area (Å²) in [6.45, 7) is 15.7. The molecule has 0 aliphatic carbocycles. The van der Waals surface area contributed by atoms with Crippen molar-refractivity contribution in [3.05, 3.63) is 59.2 Å². The Hall–Kier alpha value is -2.35. The van der Waals surface area contributed by atoms with Gasteiger partial charge in [-0.05, 0) is 59.2 Å². The lowest BCUT2D eigenvalue weighted by atomic mass is 9.81. The molecule has 0 radical (unpaired) electrons. The second kappa shape index (κ2) is 6.67. The molecule has 0 saturated carbocycles. The average Bonchev–Trinajstić information content (AvgIpc) is 2.58. The molecule has 0 N–H and O–H groups in total. The molecule has 0 unspecified atom stereocenters. The van der Waals surface area contributed by atoms with Gasteiger partial charge in [-0.3, -0.25) is 0 Å². The topological polar surface area (TPSA) is 22.1 Å². The quantitative estimate of drug-likeness (QED) is 0.500. The zero-order chi connectivity index (χ0) is 20.0. The van der Waals surface area contributed by atoms with E-state index in [0.29, 0.717) is 0 Å². The standard InChI is InChI=1S/C25H31NO/c1-16-11-18(13-19(12-16)24(2,3)4)23-21(25(5,6)7)14-17-9-10-20(27-8)15-22(17)26-23/h9-15H,1-8H3. The van der Waals surface area contributed by atoms with Gasteiger partial charge in [0.25, 0.3) is 0 Å². The van der Waals surface area contributed by atoms with Crippen molar-refractivity contribution in [1.82, 2.24) is 4.98 Å². The highest BCUT2D eigenvalue weighted by atomic mass is 16.5. The van der Waals surface area contributed by atoms with Crippen LogP contribution in [-0.2, 0) is 10.8 Å². The summed E-state index contributed by atoms with van der Waals surface area (Å²) in [6, 6.07) is 15.2. The average molecular weight is 362 g/mol. The van der Waals surface area contributed by atoms with Crippen LogP contribution in [-0.4, -0.2) is 12.1 Å². The van der Waals surface area contributed by atoms with Crippen molar-refractivity contribution in [2.45, 2.75) is 59.3 Å². The van der Waals surface area contributed by atoms with Crippen LogP contribution >= 0.6 is 0 Å². The molecular formula is C25H31NO. The molecule has 0 aliphatic rings. The molecule has 1 aromatic heterocycles. The largest absolute Gasteiger partial charge is 0.497 e. The van der Waals surface area contributed by atoms with Crippen LogP contribution in [0.25, 0.3) is 22.2 Å². The fourth-order valence-corrected chi connectivity index (χ4v) is 3.42. The number of aromatic nitrogens is 1. The van der Waals surface area contributed by atoms with Crippen molar-refractivity contribution >= 4 is 10.9 Å². The van der Waals surface area contributed by atoms with E-state index >= 15 is 0 Å². The molecule has 142 valence electrons. The van der Waals surface area contributed by atoms with Crippen molar-refractivity contribution in [2.24, 2.45) is 0 Å². The van der Waals surface area contributed by atoms with Gasteiger partial charge in [0.05, 0.1) is 18.3 Å². The fraction of sp³-hybridized carbons (Fsp3) is 0.400. The summed E-state index contributed by atoms with van der Waals surface area (Å²) in [6.07, 6.45) is 0. The van der Waals surface area contributed by atoms with E-state index in [1.807, 2.05) is 12.1 Å². The second-order valence-corrected chi connectivity index (χ2v) is 9.53. The van der Waals surface area contributed by atoms with Crippen molar-refractivity contribution in [1.29, 1.82) is 0 Å². The minimum absolute atomic E-state index is 0.00208. The summed E-state index contributed by atoms with van der Waals surface area (Å²) in [7, 11) is 1.70. The third-order valence-electron chi connectivity index (χ3n) is 5.05. The molecule has 0 saturated heterocycles. The maximum atomic E-state index is 5.41. The zero-order valence-electron chi connectivity index (χ0n) is 17.9. The van der Waals surface area contributed by atoms with Gasteiger partial charge in [-0.2, -0.15) is 0 Å². The molecule has 27 heavy (non-hydrogen) atoms. The van der Waals surface area contributed by atoms with Crippen LogP contribution in [0, 0.1) is 6.92 Å². The summed E-state index contributed by atoms with van der Waals surface area (Å²) in [5, 5.41) is 1.15. The normalized spacial score (nSPS) is 12.4. The molecule has 3 aromatic rings. The lowest BCUT2D eigenvalue weighted by Gasteiger charge is -2.25.